The highest BCUT2D eigenvalue weighted by Gasteiger charge is 2.52. The summed E-state index contributed by atoms with van der Waals surface area (Å²) in [4.78, 5) is 0. The molecule has 0 spiro atoms. The van der Waals surface area contributed by atoms with Gasteiger partial charge in [-0.05, 0) is 74.0 Å². The van der Waals surface area contributed by atoms with Gasteiger partial charge in [-0.15, -0.1) is 0 Å². The summed E-state index contributed by atoms with van der Waals surface area (Å²) in [6.45, 7) is 8.16. The molecule has 2 aromatic heterocycles. The lowest BCUT2D eigenvalue weighted by atomic mass is 9.78. The molecular weight excluding hydrogens is 523 g/mol. The molecule has 1 aliphatic heterocycles. The number of benzene rings is 2. The average Bonchev–Trinajstić information content (AvgIpc) is 3.61. The Kier molecular flexibility index (Phi) is 7.58. The molecule has 188 valence electrons. The van der Waals surface area contributed by atoms with Crippen molar-refractivity contribution in [2.75, 3.05) is 14.2 Å². The Bertz CT molecular complexity index is 1280. The van der Waals surface area contributed by atoms with Crippen molar-refractivity contribution in [2.24, 2.45) is 0 Å². The lowest BCUT2D eigenvalue weighted by Crippen LogP contribution is -2.41. The highest BCUT2D eigenvalue weighted by molar-refractivity contribution is 9.10. The second kappa shape index (κ2) is 10.5. The molecule has 4 aromatic rings. The van der Waals surface area contributed by atoms with Gasteiger partial charge >= 0.3 is 7.12 Å². The largest absolute Gasteiger partial charge is 0.498 e. The Hall–Kier alpha value is -3.08. The van der Waals surface area contributed by atoms with E-state index in [1.165, 1.54) is 0 Å². The van der Waals surface area contributed by atoms with Gasteiger partial charge in [0.15, 0.2) is 0 Å². The van der Waals surface area contributed by atoms with Gasteiger partial charge in [-0.25, -0.2) is 9.36 Å². The summed E-state index contributed by atoms with van der Waals surface area (Å²) in [5.41, 5.74) is 2.06. The molecule has 1 saturated heterocycles. The van der Waals surface area contributed by atoms with Crippen LogP contribution in [-0.4, -0.2) is 52.1 Å². The second-order valence-electron chi connectivity index (χ2n) is 9.23. The summed E-state index contributed by atoms with van der Waals surface area (Å²) in [5.74, 6) is 1.53. The Morgan fingerprint density at radius 2 is 1.28 bits per heavy atom. The van der Waals surface area contributed by atoms with E-state index >= 15 is 0 Å². The molecule has 5 rings (SSSR count). The number of aromatic nitrogens is 4. The van der Waals surface area contributed by atoms with Crippen molar-refractivity contribution in [1.29, 1.82) is 0 Å². The van der Waals surface area contributed by atoms with Crippen LogP contribution in [0.1, 0.15) is 27.7 Å². The van der Waals surface area contributed by atoms with Crippen LogP contribution < -0.4 is 14.9 Å². The summed E-state index contributed by atoms with van der Waals surface area (Å²) >= 11 is 3.40. The van der Waals surface area contributed by atoms with Crippen LogP contribution >= 0.6 is 15.9 Å². The molecule has 3 heterocycles. The molecule has 0 amide bonds. The van der Waals surface area contributed by atoms with Crippen LogP contribution in [0.3, 0.4) is 0 Å². The van der Waals surface area contributed by atoms with E-state index in [2.05, 4.69) is 26.1 Å². The van der Waals surface area contributed by atoms with Gasteiger partial charge in [-0.2, -0.15) is 10.2 Å². The van der Waals surface area contributed by atoms with Gasteiger partial charge in [0.25, 0.3) is 0 Å². The third kappa shape index (κ3) is 5.35. The summed E-state index contributed by atoms with van der Waals surface area (Å²) in [5, 5.41) is 8.37. The average molecular weight is 553 g/mol. The summed E-state index contributed by atoms with van der Waals surface area (Å²) in [7, 11) is 2.86. The second-order valence-corrected chi connectivity index (χ2v) is 10.1. The molecule has 0 bridgehead atoms. The van der Waals surface area contributed by atoms with Crippen molar-refractivity contribution in [2.45, 2.75) is 38.9 Å². The van der Waals surface area contributed by atoms with Crippen molar-refractivity contribution in [1.82, 2.24) is 19.6 Å². The van der Waals surface area contributed by atoms with Crippen molar-refractivity contribution < 1.29 is 18.8 Å². The monoisotopic (exact) mass is 552 g/mol. The normalized spacial score (nSPS) is 15.8. The fourth-order valence-electron chi connectivity index (χ4n) is 3.64. The zero-order valence-electron chi connectivity index (χ0n) is 21.3. The molecule has 2 aromatic carbocycles. The minimum Gasteiger partial charge on any atom is -0.497 e. The molecule has 1 fully saturated rings. The van der Waals surface area contributed by atoms with Gasteiger partial charge in [0.05, 0.1) is 41.3 Å². The highest BCUT2D eigenvalue weighted by atomic mass is 79.9. The quantitative estimate of drug-likeness (QED) is 0.330. The highest BCUT2D eigenvalue weighted by Crippen LogP contribution is 2.37. The number of ether oxygens (including phenoxy) is 2. The maximum atomic E-state index is 6.10. The molecule has 0 N–H and O–H groups in total. The molecule has 0 radical (unpaired) electrons. The minimum atomic E-state index is -0.438. The van der Waals surface area contributed by atoms with Crippen LogP contribution in [0, 0.1) is 0 Å². The lowest BCUT2D eigenvalue weighted by molar-refractivity contribution is 0.00578. The zero-order chi connectivity index (χ0) is 25.9. The third-order valence-corrected chi connectivity index (χ3v) is 7.05. The molecule has 1 aliphatic rings. The van der Waals surface area contributed by atoms with E-state index in [1.807, 2.05) is 88.6 Å². The lowest BCUT2D eigenvalue weighted by Gasteiger charge is -2.32. The zero-order valence-corrected chi connectivity index (χ0v) is 22.9. The number of methoxy groups -OCH3 is 2. The Labute approximate surface area is 220 Å². The number of hydrogen-bond acceptors (Lipinski definition) is 6. The predicted molar refractivity (Wildman–Crippen MR) is 144 cm³/mol. The molecule has 0 aliphatic carbocycles. The van der Waals surface area contributed by atoms with Crippen LogP contribution in [0.15, 0.2) is 77.8 Å². The number of nitrogens with zero attached hydrogens (tertiary/aromatic N) is 4. The minimum absolute atomic E-state index is 0.372. The molecule has 8 nitrogen and oxygen atoms in total. The molecule has 10 heteroatoms. The summed E-state index contributed by atoms with van der Waals surface area (Å²) in [6, 6.07) is 15.5. The van der Waals surface area contributed by atoms with Crippen molar-refractivity contribution in [3.63, 3.8) is 0 Å². The van der Waals surface area contributed by atoms with Gasteiger partial charge in [0, 0.05) is 42.4 Å². The van der Waals surface area contributed by atoms with Crippen LogP contribution in [0.4, 0.5) is 0 Å². The Morgan fingerprint density at radius 1 is 0.778 bits per heavy atom. The molecule has 0 atom stereocenters. The molecular formula is C26H30BBrN4O4. The fraction of sp³-hybridized carbons (Fsp3) is 0.308. The van der Waals surface area contributed by atoms with Crippen molar-refractivity contribution in [3.8, 4) is 22.9 Å². The SMILES string of the molecule is COc1cc(-n2cccn2)ccc1B1OC(C)(C)C(C)(C)O1.COc1cc(-n2cccn2)ccc1Br. The first-order valence-corrected chi connectivity index (χ1v) is 12.3. The van der Waals surface area contributed by atoms with E-state index in [-0.39, 0.29) is 11.2 Å². The fourth-order valence-corrected chi connectivity index (χ4v) is 4.05. The van der Waals surface area contributed by atoms with E-state index in [1.54, 1.807) is 36.0 Å². The van der Waals surface area contributed by atoms with E-state index in [4.69, 9.17) is 18.8 Å². The first-order chi connectivity index (χ1) is 17.1. The van der Waals surface area contributed by atoms with E-state index < -0.39 is 7.12 Å². The summed E-state index contributed by atoms with van der Waals surface area (Å²) < 4.78 is 27.4. The molecule has 0 unspecified atom stereocenters. The van der Waals surface area contributed by atoms with E-state index in [0.29, 0.717) is 0 Å². The summed E-state index contributed by atoms with van der Waals surface area (Å²) in [6.07, 6.45) is 7.27. The number of hydrogen-bond donors (Lipinski definition) is 0. The smallest absolute Gasteiger partial charge is 0.497 e. The molecule has 0 saturated carbocycles. The Morgan fingerprint density at radius 3 is 1.75 bits per heavy atom. The van der Waals surface area contributed by atoms with Crippen LogP contribution in [0.5, 0.6) is 11.5 Å². The molecule has 36 heavy (non-hydrogen) atoms. The first-order valence-electron chi connectivity index (χ1n) is 11.5. The first kappa shape index (κ1) is 26.0. The number of rotatable bonds is 5. The van der Waals surface area contributed by atoms with Gasteiger partial charge in [0.1, 0.15) is 11.5 Å². The van der Waals surface area contributed by atoms with Crippen LogP contribution in [-0.2, 0) is 9.31 Å². The Balaban J connectivity index is 0.000000187. The maximum Gasteiger partial charge on any atom is 0.498 e. The predicted octanol–water partition coefficient (Wildman–Crippen LogP) is 4.82. The van der Waals surface area contributed by atoms with Gasteiger partial charge in [0.2, 0.25) is 0 Å². The van der Waals surface area contributed by atoms with Gasteiger partial charge in [-0.1, -0.05) is 6.07 Å². The van der Waals surface area contributed by atoms with Crippen molar-refractivity contribution in [3.05, 3.63) is 77.8 Å². The van der Waals surface area contributed by atoms with Gasteiger partial charge < -0.3 is 18.8 Å². The topological polar surface area (TPSA) is 72.6 Å². The van der Waals surface area contributed by atoms with E-state index in [9.17, 15) is 0 Å². The maximum absolute atomic E-state index is 6.10. The third-order valence-electron chi connectivity index (χ3n) is 6.40. The van der Waals surface area contributed by atoms with Crippen LogP contribution in [0.2, 0.25) is 0 Å². The van der Waals surface area contributed by atoms with E-state index in [0.717, 1.165) is 32.8 Å². The van der Waals surface area contributed by atoms with Gasteiger partial charge in [-0.3, -0.25) is 0 Å². The van der Waals surface area contributed by atoms with Crippen LogP contribution in [0.25, 0.3) is 11.4 Å². The standard InChI is InChI=1S/C16H21BN2O3.C10H9BrN2O/c1-15(2)16(3,4)22-17(21-15)13-8-7-12(11-14(13)20-5)19-10-6-9-18-19;1-14-10-7-8(3-4-9(10)11)13-6-2-5-12-13/h6-11H,1-5H3;2-7H,1H3. The van der Waals surface area contributed by atoms with Crippen molar-refractivity contribution >= 4 is 28.5 Å². The number of halogens is 1.